The molecule has 0 aliphatic carbocycles. The van der Waals surface area contributed by atoms with Crippen molar-refractivity contribution in [3.05, 3.63) is 59.8 Å². The minimum Gasteiger partial charge on any atom is -0.337 e. The number of benzene rings is 1. The molecule has 2 aromatic rings. The average Bonchev–Trinajstić information content (AvgIpc) is 2.59. The van der Waals surface area contributed by atoms with Crippen molar-refractivity contribution in [2.45, 2.75) is 29.7 Å². The first-order chi connectivity index (χ1) is 11.3. The van der Waals surface area contributed by atoms with Gasteiger partial charge < -0.3 is 4.90 Å². The molecule has 1 aliphatic rings. The number of hydrogen-bond acceptors (Lipinski definition) is 4. The van der Waals surface area contributed by atoms with Gasteiger partial charge in [-0.25, -0.2) is 4.98 Å². The maximum Gasteiger partial charge on any atom is 0.236 e. The molecule has 1 aromatic heterocycles. The fourth-order valence-electron chi connectivity index (χ4n) is 2.66. The number of aromatic nitrogens is 1. The monoisotopic (exact) mass is 323 g/mol. The minimum atomic E-state index is -0.117. The second-order valence-corrected chi connectivity index (χ2v) is 6.71. The molecule has 0 bridgehead atoms. The van der Waals surface area contributed by atoms with Gasteiger partial charge in [-0.05, 0) is 30.5 Å². The van der Waals surface area contributed by atoms with Gasteiger partial charge in [0.2, 0.25) is 5.91 Å². The molecule has 116 valence electrons. The van der Waals surface area contributed by atoms with E-state index in [1.165, 1.54) is 11.8 Å². The number of amides is 1. The second-order valence-electron chi connectivity index (χ2n) is 5.49. The van der Waals surface area contributed by atoms with Crippen molar-refractivity contribution >= 4 is 17.7 Å². The van der Waals surface area contributed by atoms with E-state index in [2.05, 4.69) is 11.1 Å². The van der Waals surface area contributed by atoms with Gasteiger partial charge in [-0.15, -0.1) is 0 Å². The zero-order valence-electron chi connectivity index (χ0n) is 12.7. The Morgan fingerprint density at radius 1 is 1.30 bits per heavy atom. The van der Waals surface area contributed by atoms with Crippen LogP contribution in [-0.4, -0.2) is 27.6 Å². The quantitative estimate of drug-likeness (QED) is 0.867. The van der Waals surface area contributed by atoms with Crippen molar-refractivity contribution in [3.63, 3.8) is 0 Å². The summed E-state index contributed by atoms with van der Waals surface area (Å²) >= 11 is 1.46. The van der Waals surface area contributed by atoms with Crippen molar-refractivity contribution < 1.29 is 4.79 Å². The van der Waals surface area contributed by atoms with Gasteiger partial charge in [0.05, 0.1) is 21.9 Å². The number of nitriles is 1. The first-order valence-electron chi connectivity index (χ1n) is 7.62. The van der Waals surface area contributed by atoms with Crippen LogP contribution < -0.4 is 0 Å². The fourth-order valence-corrected chi connectivity index (χ4v) is 3.81. The molecule has 2 heterocycles. The Kier molecular flexibility index (Phi) is 4.94. The van der Waals surface area contributed by atoms with Crippen LogP contribution in [0.3, 0.4) is 0 Å². The predicted octanol–water partition coefficient (Wildman–Crippen LogP) is 3.24. The standard InChI is InChI=1S/C18H17N3OS/c19-12-15-8-9-20-17(11-15)23-16-7-4-10-21(18(16)22)13-14-5-2-1-3-6-14/h1-3,5-6,8-9,11,16H,4,7,10,13H2/t16-/m1/s1. The second kappa shape index (κ2) is 7.30. The molecule has 0 radical (unpaired) electrons. The summed E-state index contributed by atoms with van der Waals surface area (Å²) in [5, 5.41) is 9.59. The molecule has 1 amide bonds. The number of likely N-dealkylation sites (tertiary alicyclic amines) is 1. The Bertz CT molecular complexity index is 727. The minimum absolute atomic E-state index is 0.117. The lowest BCUT2D eigenvalue weighted by Crippen LogP contribution is -2.42. The van der Waals surface area contributed by atoms with Crippen LogP contribution in [0, 0.1) is 11.3 Å². The van der Waals surface area contributed by atoms with Gasteiger partial charge in [0.1, 0.15) is 0 Å². The molecule has 1 aliphatic heterocycles. The molecule has 4 nitrogen and oxygen atoms in total. The van der Waals surface area contributed by atoms with E-state index >= 15 is 0 Å². The van der Waals surface area contributed by atoms with Gasteiger partial charge in [-0.1, -0.05) is 42.1 Å². The number of carbonyl (C=O) groups is 1. The molecule has 0 unspecified atom stereocenters. The number of hydrogen-bond donors (Lipinski definition) is 0. The summed E-state index contributed by atoms with van der Waals surface area (Å²) in [5.74, 6) is 0.161. The molecule has 5 heteroatoms. The molecule has 0 spiro atoms. The summed E-state index contributed by atoms with van der Waals surface area (Å²) in [6.45, 7) is 1.46. The Labute approximate surface area is 140 Å². The van der Waals surface area contributed by atoms with E-state index in [1.807, 2.05) is 35.2 Å². The maximum absolute atomic E-state index is 12.7. The van der Waals surface area contributed by atoms with Crippen LogP contribution in [0.15, 0.2) is 53.7 Å². The van der Waals surface area contributed by atoms with E-state index in [4.69, 9.17) is 5.26 Å². The highest BCUT2D eigenvalue weighted by molar-refractivity contribution is 8.00. The largest absolute Gasteiger partial charge is 0.337 e. The van der Waals surface area contributed by atoms with E-state index in [-0.39, 0.29) is 11.2 Å². The normalized spacial score (nSPS) is 17.8. The lowest BCUT2D eigenvalue weighted by molar-refractivity contribution is -0.133. The number of rotatable bonds is 4. The van der Waals surface area contributed by atoms with Crippen LogP contribution in [0.1, 0.15) is 24.0 Å². The summed E-state index contributed by atoms with van der Waals surface area (Å²) in [4.78, 5) is 18.9. The van der Waals surface area contributed by atoms with Crippen LogP contribution in [-0.2, 0) is 11.3 Å². The fraction of sp³-hybridized carbons (Fsp3) is 0.278. The van der Waals surface area contributed by atoms with Gasteiger partial charge >= 0.3 is 0 Å². The van der Waals surface area contributed by atoms with E-state index in [0.717, 1.165) is 30.0 Å². The SMILES string of the molecule is N#Cc1ccnc(S[C@@H]2CCCN(Cc3ccccc3)C2=O)c1. The third-order valence-corrected chi connectivity index (χ3v) is 5.01. The molecule has 1 saturated heterocycles. The third kappa shape index (κ3) is 3.91. The molecular weight excluding hydrogens is 306 g/mol. The zero-order valence-corrected chi connectivity index (χ0v) is 13.5. The Balaban J connectivity index is 1.68. The number of nitrogens with zero attached hydrogens (tertiary/aromatic N) is 3. The predicted molar refractivity (Wildman–Crippen MR) is 89.7 cm³/mol. The number of piperidine rings is 1. The number of thioether (sulfide) groups is 1. The summed E-state index contributed by atoms with van der Waals surface area (Å²) in [6, 6.07) is 15.6. The maximum atomic E-state index is 12.7. The Morgan fingerprint density at radius 2 is 2.13 bits per heavy atom. The number of pyridine rings is 1. The van der Waals surface area contributed by atoms with Crippen LogP contribution in [0.2, 0.25) is 0 Å². The van der Waals surface area contributed by atoms with E-state index in [0.29, 0.717) is 12.1 Å². The molecule has 3 rings (SSSR count). The van der Waals surface area contributed by atoms with Gasteiger partial charge in [0.25, 0.3) is 0 Å². The summed E-state index contributed by atoms with van der Waals surface area (Å²) in [7, 11) is 0. The van der Waals surface area contributed by atoms with E-state index < -0.39 is 0 Å². The van der Waals surface area contributed by atoms with E-state index in [9.17, 15) is 4.79 Å². The first kappa shape index (κ1) is 15.6. The topological polar surface area (TPSA) is 57.0 Å². The first-order valence-corrected chi connectivity index (χ1v) is 8.50. The Hall–Kier alpha value is -2.32. The van der Waals surface area contributed by atoms with Crippen molar-refractivity contribution in [1.82, 2.24) is 9.88 Å². The molecule has 0 N–H and O–H groups in total. The van der Waals surface area contributed by atoms with Crippen molar-refractivity contribution in [1.29, 1.82) is 5.26 Å². The van der Waals surface area contributed by atoms with Crippen LogP contribution in [0.25, 0.3) is 0 Å². The zero-order chi connectivity index (χ0) is 16.1. The summed E-state index contributed by atoms with van der Waals surface area (Å²) in [6.07, 6.45) is 3.47. The summed E-state index contributed by atoms with van der Waals surface area (Å²) < 4.78 is 0. The van der Waals surface area contributed by atoms with Crippen molar-refractivity contribution in [2.75, 3.05) is 6.54 Å². The van der Waals surface area contributed by atoms with Crippen molar-refractivity contribution in [3.8, 4) is 6.07 Å². The van der Waals surface area contributed by atoms with Gasteiger partial charge in [-0.2, -0.15) is 5.26 Å². The highest BCUT2D eigenvalue weighted by Gasteiger charge is 2.29. The molecular formula is C18H17N3OS. The molecule has 0 saturated carbocycles. The Morgan fingerprint density at radius 3 is 2.91 bits per heavy atom. The van der Waals surface area contributed by atoms with Crippen LogP contribution in [0.5, 0.6) is 0 Å². The summed E-state index contributed by atoms with van der Waals surface area (Å²) in [5.41, 5.74) is 1.73. The smallest absolute Gasteiger partial charge is 0.236 e. The van der Waals surface area contributed by atoms with Crippen molar-refractivity contribution in [2.24, 2.45) is 0 Å². The molecule has 1 atom stereocenters. The average molecular weight is 323 g/mol. The highest BCUT2D eigenvalue weighted by atomic mass is 32.2. The van der Waals surface area contributed by atoms with Crippen LogP contribution in [0.4, 0.5) is 0 Å². The number of carbonyl (C=O) groups excluding carboxylic acids is 1. The highest BCUT2D eigenvalue weighted by Crippen LogP contribution is 2.30. The third-order valence-electron chi connectivity index (χ3n) is 3.82. The van der Waals surface area contributed by atoms with Gasteiger partial charge in [0.15, 0.2) is 0 Å². The lowest BCUT2D eigenvalue weighted by Gasteiger charge is -2.31. The van der Waals surface area contributed by atoms with Gasteiger partial charge in [0, 0.05) is 19.3 Å². The molecule has 23 heavy (non-hydrogen) atoms. The lowest BCUT2D eigenvalue weighted by atomic mass is 10.1. The van der Waals surface area contributed by atoms with Gasteiger partial charge in [-0.3, -0.25) is 4.79 Å². The van der Waals surface area contributed by atoms with Crippen LogP contribution >= 0.6 is 11.8 Å². The molecule has 1 aromatic carbocycles. The van der Waals surface area contributed by atoms with E-state index in [1.54, 1.807) is 18.3 Å². The molecule has 1 fully saturated rings.